The number of imide groups is 2. The van der Waals surface area contributed by atoms with Crippen LogP contribution in [0.1, 0.15) is 11.1 Å². The van der Waals surface area contributed by atoms with Gasteiger partial charge in [0.25, 0.3) is 0 Å². The van der Waals surface area contributed by atoms with E-state index in [-0.39, 0.29) is 6.42 Å². The molecule has 0 radical (unpaired) electrons. The minimum atomic E-state index is -0.990. The van der Waals surface area contributed by atoms with Crippen molar-refractivity contribution in [3.63, 3.8) is 0 Å². The van der Waals surface area contributed by atoms with E-state index in [4.69, 9.17) is 5.10 Å². The molecule has 1 aliphatic rings. The van der Waals surface area contributed by atoms with Crippen molar-refractivity contribution in [2.24, 2.45) is 5.92 Å². The summed E-state index contributed by atoms with van der Waals surface area (Å²) in [5, 5.41) is 8.99. The number of rotatable bonds is 4. The lowest BCUT2D eigenvalue weighted by Gasteiger charge is -2.20. The third-order valence-electron chi connectivity index (χ3n) is 4.67. The highest BCUT2D eigenvalue weighted by molar-refractivity contribution is 6.16. The zero-order chi connectivity index (χ0) is 19.7. The van der Waals surface area contributed by atoms with Gasteiger partial charge in [-0.2, -0.15) is 5.10 Å². The van der Waals surface area contributed by atoms with Crippen molar-refractivity contribution in [3.05, 3.63) is 71.9 Å². The summed E-state index contributed by atoms with van der Waals surface area (Å²) in [6.07, 6.45) is 1.96. The predicted molar refractivity (Wildman–Crippen MR) is 103 cm³/mol. The van der Waals surface area contributed by atoms with Crippen LogP contribution in [0.5, 0.6) is 0 Å². The molecule has 1 aromatic heterocycles. The smallest absolute Gasteiger partial charge is 0.277 e. The van der Waals surface area contributed by atoms with Crippen LogP contribution in [0.2, 0.25) is 0 Å². The Morgan fingerprint density at radius 2 is 1.57 bits per heavy atom. The van der Waals surface area contributed by atoms with E-state index < -0.39 is 23.8 Å². The molecule has 2 aromatic carbocycles. The maximum absolute atomic E-state index is 12.2. The lowest BCUT2D eigenvalue weighted by molar-refractivity contribution is -0.135. The molecule has 1 saturated heterocycles. The Hall–Kier alpha value is -3.74. The molecule has 0 atom stereocenters. The summed E-state index contributed by atoms with van der Waals surface area (Å²) >= 11 is 0. The number of amides is 4. The summed E-state index contributed by atoms with van der Waals surface area (Å²) in [7, 11) is 0. The number of carbonyl (C=O) groups is 3. The van der Waals surface area contributed by atoms with Crippen molar-refractivity contribution in [1.82, 2.24) is 20.4 Å². The first-order valence-corrected chi connectivity index (χ1v) is 8.88. The van der Waals surface area contributed by atoms with Gasteiger partial charge in [-0.3, -0.25) is 20.2 Å². The third-order valence-corrected chi connectivity index (χ3v) is 4.67. The van der Waals surface area contributed by atoms with Crippen molar-refractivity contribution in [2.75, 3.05) is 0 Å². The fraction of sp³-hybridized carbons (Fsp3) is 0.143. The van der Waals surface area contributed by atoms with Crippen molar-refractivity contribution < 1.29 is 14.4 Å². The first-order chi connectivity index (χ1) is 13.5. The second-order valence-corrected chi connectivity index (χ2v) is 6.71. The van der Waals surface area contributed by atoms with Crippen LogP contribution in [0, 0.1) is 12.8 Å². The number of aryl methyl sites for hydroxylation is 1. The zero-order valence-corrected chi connectivity index (χ0v) is 15.2. The Labute approximate surface area is 161 Å². The number of hydrogen-bond acceptors (Lipinski definition) is 4. The van der Waals surface area contributed by atoms with Gasteiger partial charge in [0.1, 0.15) is 5.92 Å². The van der Waals surface area contributed by atoms with E-state index in [1.807, 2.05) is 67.7 Å². The molecule has 0 bridgehead atoms. The summed E-state index contributed by atoms with van der Waals surface area (Å²) in [5.74, 6) is -2.19. The molecule has 1 aliphatic heterocycles. The molecular weight excluding hydrogens is 356 g/mol. The van der Waals surface area contributed by atoms with Crippen LogP contribution in [0.3, 0.4) is 0 Å². The second kappa shape index (κ2) is 7.11. The summed E-state index contributed by atoms with van der Waals surface area (Å²) in [4.78, 5) is 35.6. The number of hydrogen-bond donors (Lipinski definition) is 2. The van der Waals surface area contributed by atoms with Gasteiger partial charge < -0.3 is 0 Å². The van der Waals surface area contributed by atoms with Crippen LogP contribution in [0.25, 0.3) is 16.9 Å². The molecular formula is C21H18N4O3. The van der Waals surface area contributed by atoms with Crippen LogP contribution in [-0.2, 0) is 16.0 Å². The number of nitrogens with zero attached hydrogens (tertiary/aromatic N) is 2. The van der Waals surface area contributed by atoms with Crippen LogP contribution < -0.4 is 10.6 Å². The van der Waals surface area contributed by atoms with Crippen molar-refractivity contribution >= 4 is 17.8 Å². The average molecular weight is 374 g/mol. The van der Waals surface area contributed by atoms with Gasteiger partial charge in [0, 0.05) is 11.8 Å². The number of barbiturate groups is 1. The predicted octanol–water partition coefficient (Wildman–Crippen LogP) is 2.37. The number of nitrogens with one attached hydrogen (secondary N) is 2. The molecule has 0 saturated carbocycles. The summed E-state index contributed by atoms with van der Waals surface area (Å²) in [6, 6.07) is 16.7. The normalized spacial score (nSPS) is 14.7. The molecule has 7 nitrogen and oxygen atoms in total. The Kier molecular flexibility index (Phi) is 4.49. The number of aromatic nitrogens is 2. The highest BCUT2D eigenvalue weighted by Gasteiger charge is 2.35. The molecule has 2 heterocycles. The van der Waals surface area contributed by atoms with E-state index in [1.54, 1.807) is 4.68 Å². The Morgan fingerprint density at radius 1 is 0.929 bits per heavy atom. The van der Waals surface area contributed by atoms with Crippen LogP contribution >= 0.6 is 0 Å². The van der Waals surface area contributed by atoms with Crippen molar-refractivity contribution in [3.8, 4) is 16.9 Å². The molecule has 4 rings (SSSR count). The van der Waals surface area contributed by atoms with Gasteiger partial charge in [0.15, 0.2) is 0 Å². The van der Waals surface area contributed by atoms with E-state index in [0.29, 0.717) is 5.69 Å². The van der Waals surface area contributed by atoms with Gasteiger partial charge in [0.2, 0.25) is 11.8 Å². The molecule has 2 N–H and O–H groups in total. The quantitative estimate of drug-likeness (QED) is 0.686. The van der Waals surface area contributed by atoms with E-state index in [1.165, 1.54) is 0 Å². The molecule has 1 fully saturated rings. The lowest BCUT2D eigenvalue weighted by Crippen LogP contribution is -2.56. The molecule has 4 amide bonds. The zero-order valence-electron chi connectivity index (χ0n) is 15.2. The summed E-state index contributed by atoms with van der Waals surface area (Å²) in [5.41, 5.74) is 4.33. The van der Waals surface area contributed by atoms with Gasteiger partial charge in [-0.15, -0.1) is 0 Å². The largest absolute Gasteiger partial charge is 0.328 e. The Morgan fingerprint density at radius 3 is 2.21 bits per heavy atom. The lowest BCUT2D eigenvalue weighted by atomic mass is 9.94. The van der Waals surface area contributed by atoms with E-state index in [9.17, 15) is 14.4 Å². The maximum atomic E-state index is 12.2. The molecule has 0 unspecified atom stereocenters. The number of para-hydroxylation sites is 1. The topological polar surface area (TPSA) is 93.1 Å². The van der Waals surface area contributed by atoms with Gasteiger partial charge in [-0.25, -0.2) is 9.48 Å². The minimum Gasteiger partial charge on any atom is -0.277 e. The Balaban J connectivity index is 1.75. The number of benzene rings is 2. The Bertz CT molecular complexity index is 1040. The van der Waals surface area contributed by atoms with Crippen LogP contribution in [-0.4, -0.2) is 27.6 Å². The highest BCUT2D eigenvalue weighted by Crippen LogP contribution is 2.27. The summed E-state index contributed by atoms with van der Waals surface area (Å²) in [6.45, 7) is 2.00. The number of urea groups is 1. The van der Waals surface area contributed by atoms with Crippen molar-refractivity contribution in [1.29, 1.82) is 0 Å². The number of carbonyl (C=O) groups excluding carboxylic acids is 3. The molecule has 28 heavy (non-hydrogen) atoms. The van der Waals surface area contributed by atoms with Crippen LogP contribution in [0.4, 0.5) is 4.79 Å². The molecule has 0 spiro atoms. The average Bonchev–Trinajstić information content (AvgIpc) is 3.10. The first-order valence-electron chi connectivity index (χ1n) is 8.88. The highest BCUT2D eigenvalue weighted by atomic mass is 16.2. The van der Waals surface area contributed by atoms with Gasteiger partial charge in [0.05, 0.1) is 11.4 Å². The van der Waals surface area contributed by atoms with E-state index >= 15 is 0 Å². The monoisotopic (exact) mass is 374 g/mol. The van der Waals surface area contributed by atoms with Crippen LogP contribution in [0.15, 0.2) is 60.8 Å². The van der Waals surface area contributed by atoms with Gasteiger partial charge in [-0.1, -0.05) is 48.0 Å². The standard InChI is InChI=1S/C21H18N4O3/c1-13-7-9-14(10-8-13)18-15(11-17-19(26)22-21(28)23-20(17)27)12-25(24-18)16-5-3-2-4-6-16/h2-10,12,17H,11H2,1H3,(H2,22,23,26,27,28). The second-order valence-electron chi connectivity index (χ2n) is 6.71. The molecule has 0 aliphatic carbocycles. The minimum absolute atomic E-state index is 0.140. The molecule has 7 heteroatoms. The summed E-state index contributed by atoms with van der Waals surface area (Å²) < 4.78 is 1.73. The van der Waals surface area contributed by atoms with Gasteiger partial charge >= 0.3 is 6.03 Å². The maximum Gasteiger partial charge on any atom is 0.328 e. The fourth-order valence-corrected chi connectivity index (χ4v) is 3.18. The molecule has 3 aromatic rings. The van der Waals surface area contributed by atoms with Gasteiger partial charge in [-0.05, 0) is 31.0 Å². The first kappa shape index (κ1) is 17.7. The van der Waals surface area contributed by atoms with Crippen molar-refractivity contribution in [2.45, 2.75) is 13.3 Å². The molecule has 140 valence electrons. The SMILES string of the molecule is Cc1ccc(-c2nn(-c3ccccc3)cc2CC2C(=O)NC(=O)NC2=O)cc1. The van der Waals surface area contributed by atoms with E-state index in [2.05, 4.69) is 10.6 Å². The third kappa shape index (κ3) is 3.42. The van der Waals surface area contributed by atoms with E-state index in [0.717, 1.165) is 22.4 Å². The fourth-order valence-electron chi connectivity index (χ4n) is 3.18.